The third-order valence-electron chi connectivity index (χ3n) is 10.6. The summed E-state index contributed by atoms with van der Waals surface area (Å²) in [6, 6.07) is 17.0. The zero-order chi connectivity index (χ0) is 32.3. The highest BCUT2D eigenvalue weighted by atomic mass is 32.1. The maximum absolute atomic E-state index is 14.0. The molecule has 0 saturated carbocycles. The number of carbonyl (C=O) groups is 2. The average molecular weight is 639 g/mol. The van der Waals surface area contributed by atoms with Crippen molar-refractivity contribution in [1.29, 1.82) is 0 Å². The maximum Gasteiger partial charge on any atom is 0.233 e. The lowest BCUT2D eigenvalue weighted by Gasteiger charge is -2.38. The number of nitrogens with one attached hydrogen (secondary N) is 2. The summed E-state index contributed by atoms with van der Waals surface area (Å²) in [5.74, 6) is 0.655. The first kappa shape index (κ1) is 31.0. The molecule has 2 bridgehead atoms. The van der Waals surface area contributed by atoms with Gasteiger partial charge in [0.25, 0.3) is 0 Å². The fourth-order valence-corrected chi connectivity index (χ4v) is 9.29. The number of aromatic hydroxyl groups is 1. The van der Waals surface area contributed by atoms with Gasteiger partial charge in [0.1, 0.15) is 10.6 Å². The van der Waals surface area contributed by atoms with Crippen LogP contribution in [-0.4, -0.2) is 63.4 Å². The number of carbonyl (C=O) groups excluding carboxylic acids is 2. The minimum absolute atomic E-state index is 0.0323. The Kier molecular flexibility index (Phi) is 8.00. The molecule has 1 atom stereocenters. The highest BCUT2D eigenvalue weighted by molar-refractivity contribution is 7.19. The number of hydrogen-bond donors (Lipinski definition) is 3. The summed E-state index contributed by atoms with van der Waals surface area (Å²) in [5, 5.41) is 14.2. The second-order valence-electron chi connectivity index (χ2n) is 14.7. The second kappa shape index (κ2) is 11.9. The molecule has 8 heteroatoms. The lowest BCUT2D eigenvalue weighted by Crippen LogP contribution is -2.53. The van der Waals surface area contributed by atoms with Crippen molar-refractivity contribution in [3.63, 3.8) is 0 Å². The Hall–Kier alpha value is -3.62. The molecule has 7 rings (SSSR count). The number of rotatable bonds is 9. The van der Waals surface area contributed by atoms with Gasteiger partial charge in [0, 0.05) is 54.4 Å². The summed E-state index contributed by atoms with van der Waals surface area (Å²) in [5.41, 5.74) is 6.34. The Labute approximate surface area is 276 Å². The molecule has 3 aliphatic heterocycles. The molecule has 2 aromatic heterocycles. The molecule has 0 spiro atoms. The van der Waals surface area contributed by atoms with Crippen molar-refractivity contribution in [3.8, 4) is 17.0 Å². The number of nitrogens with zero attached hydrogens (tertiary/aromatic N) is 2. The summed E-state index contributed by atoms with van der Waals surface area (Å²) < 4.78 is 0. The number of aryl methyl sites for hydroxylation is 2. The van der Waals surface area contributed by atoms with Crippen molar-refractivity contribution in [2.75, 3.05) is 19.6 Å². The molecule has 3 fully saturated rings. The molecule has 242 valence electrons. The SMILES string of the molecule is Cc1cc(C)cc(-c2[nH]c3sc(C(C)(C)C(=O)N4C5CCC4CC5)cc3c2[C@@H](C)CNC(=O)C2CN(Cc3cccc(O)c3)C2)c1. The van der Waals surface area contributed by atoms with E-state index in [-0.39, 0.29) is 29.4 Å². The van der Waals surface area contributed by atoms with Gasteiger partial charge in [0.2, 0.25) is 11.8 Å². The number of benzene rings is 2. The van der Waals surface area contributed by atoms with Crippen molar-refractivity contribution in [2.24, 2.45) is 5.92 Å². The summed E-state index contributed by atoms with van der Waals surface area (Å²) in [6.45, 7) is 13.3. The average Bonchev–Trinajstić information content (AvgIpc) is 3.76. The third kappa shape index (κ3) is 5.64. The second-order valence-corrected chi connectivity index (χ2v) is 15.7. The zero-order valence-electron chi connectivity index (χ0n) is 27.7. The molecule has 7 nitrogen and oxygen atoms in total. The molecule has 2 amide bonds. The van der Waals surface area contributed by atoms with E-state index in [1.165, 1.54) is 16.7 Å². The van der Waals surface area contributed by atoms with Crippen LogP contribution in [0, 0.1) is 19.8 Å². The number of thiophene rings is 1. The number of amides is 2. The van der Waals surface area contributed by atoms with E-state index >= 15 is 0 Å². The van der Waals surface area contributed by atoms with Crippen molar-refractivity contribution in [2.45, 2.75) is 90.3 Å². The monoisotopic (exact) mass is 638 g/mol. The standard InChI is InChI=1S/C38H46N4O3S/c1-22-13-23(2)15-26(14-22)34-33(24(3)18-39-35(44)27-20-41(21-27)19-25-7-6-8-30(43)16-25)31-17-32(46-36(31)40-34)38(4,5)37(45)42-28-9-10-29(42)12-11-28/h6-8,13-17,24,27-29,40,43H,9-12,18-21H2,1-5H3,(H,39,44)/t24-,28?,29?/m0/s1. The van der Waals surface area contributed by atoms with Gasteiger partial charge in [-0.25, -0.2) is 0 Å². The minimum atomic E-state index is -0.598. The highest BCUT2D eigenvalue weighted by Gasteiger charge is 2.47. The first-order chi connectivity index (χ1) is 22.0. The van der Waals surface area contributed by atoms with Crippen LogP contribution in [0.1, 0.15) is 79.5 Å². The number of aromatic nitrogens is 1. The van der Waals surface area contributed by atoms with Gasteiger partial charge in [-0.1, -0.05) is 36.2 Å². The first-order valence-corrected chi connectivity index (χ1v) is 17.6. The molecular formula is C38H46N4O3S. The van der Waals surface area contributed by atoms with Gasteiger partial charge < -0.3 is 20.3 Å². The Morgan fingerprint density at radius 3 is 2.35 bits per heavy atom. The van der Waals surface area contributed by atoms with Gasteiger partial charge >= 0.3 is 0 Å². The first-order valence-electron chi connectivity index (χ1n) is 16.8. The number of hydrogen-bond acceptors (Lipinski definition) is 5. The molecule has 5 heterocycles. The molecule has 0 unspecified atom stereocenters. The van der Waals surface area contributed by atoms with Crippen LogP contribution in [0.25, 0.3) is 21.5 Å². The van der Waals surface area contributed by atoms with E-state index in [2.05, 4.69) is 79.0 Å². The third-order valence-corrected chi connectivity index (χ3v) is 12.0. The van der Waals surface area contributed by atoms with E-state index in [9.17, 15) is 14.7 Å². The van der Waals surface area contributed by atoms with Gasteiger partial charge in [0.15, 0.2) is 0 Å². The summed E-state index contributed by atoms with van der Waals surface area (Å²) in [7, 11) is 0. The van der Waals surface area contributed by atoms with Crippen LogP contribution in [0.3, 0.4) is 0 Å². The topological polar surface area (TPSA) is 88.7 Å². The summed E-state index contributed by atoms with van der Waals surface area (Å²) in [4.78, 5) is 37.6. The molecule has 3 saturated heterocycles. The predicted molar refractivity (Wildman–Crippen MR) is 185 cm³/mol. The van der Waals surface area contributed by atoms with E-state index in [4.69, 9.17) is 0 Å². The smallest absolute Gasteiger partial charge is 0.233 e. The number of likely N-dealkylation sites (tertiary alicyclic amines) is 1. The van der Waals surface area contributed by atoms with Gasteiger partial charge in [-0.3, -0.25) is 14.5 Å². The number of fused-ring (bicyclic) bond motifs is 3. The molecular weight excluding hydrogens is 593 g/mol. The fourth-order valence-electron chi connectivity index (χ4n) is 8.12. The van der Waals surface area contributed by atoms with E-state index in [0.717, 1.165) is 64.1 Å². The summed E-state index contributed by atoms with van der Waals surface area (Å²) in [6.07, 6.45) is 4.56. The van der Waals surface area contributed by atoms with Crippen LogP contribution in [-0.2, 0) is 21.5 Å². The Bertz CT molecular complexity index is 1760. The van der Waals surface area contributed by atoms with Crippen LogP contribution < -0.4 is 5.32 Å². The quantitative estimate of drug-likeness (QED) is 0.184. The molecule has 46 heavy (non-hydrogen) atoms. The van der Waals surface area contributed by atoms with Crippen molar-refractivity contribution < 1.29 is 14.7 Å². The van der Waals surface area contributed by atoms with Crippen LogP contribution in [0.15, 0.2) is 48.5 Å². The molecule has 3 N–H and O–H groups in total. The van der Waals surface area contributed by atoms with Gasteiger partial charge in [-0.05, 0) is 100 Å². The van der Waals surface area contributed by atoms with Gasteiger partial charge in [0.05, 0.1) is 17.0 Å². The Morgan fingerprint density at radius 2 is 1.70 bits per heavy atom. The van der Waals surface area contributed by atoms with Crippen molar-refractivity contribution in [1.82, 2.24) is 20.1 Å². The number of H-pyrrole nitrogens is 1. The van der Waals surface area contributed by atoms with Crippen molar-refractivity contribution in [3.05, 3.63) is 75.7 Å². The largest absolute Gasteiger partial charge is 0.508 e. The highest BCUT2D eigenvalue weighted by Crippen LogP contribution is 2.45. The number of phenolic OH excluding ortho intramolecular Hbond substituents is 1. The molecule has 4 aromatic rings. The van der Waals surface area contributed by atoms with Crippen LogP contribution in [0.5, 0.6) is 5.75 Å². The molecule has 0 radical (unpaired) electrons. The molecule has 2 aromatic carbocycles. The lowest BCUT2D eigenvalue weighted by molar-refractivity contribution is -0.137. The number of phenols is 1. The van der Waals surface area contributed by atoms with E-state index in [1.807, 2.05) is 12.1 Å². The summed E-state index contributed by atoms with van der Waals surface area (Å²) >= 11 is 1.70. The van der Waals surface area contributed by atoms with Crippen LogP contribution >= 0.6 is 11.3 Å². The maximum atomic E-state index is 14.0. The van der Waals surface area contributed by atoms with E-state index in [1.54, 1.807) is 23.5 Å². The Balaban J connectivity index is 1.11. The van der Waals surface area contributed by atoms with Crippen LogP contribution in [0.4, 0.5) is 0 Å². The number of aromatic amines is 1. The van der Waals surface area contributed by atoms with E-state index in [0.29, 0.717) is 31.7 Å². The fraction of sp³-hybridized carbons (Fsp3) is 0.474. The minimum Gasteiger partial charge on any atom is -0.508 e. The zero-order valence-corrected chi connectivity index (χ0v) is 28.5. The van der Waals surface area contributed by atoms with Gasteiger partial charge in [-0.15, -0.1) is 11.3 Å². The van der Waals surface area contributed by atoms with E-state index < -0.39 is 5.41 Å². The Morgan fingerprint density at radius 1 is 1.02 bits per heavy atom. The van der Waals surface area contributed by atoms with Crippen LogP contribution in [0.2, 0.25) is 0 Å². The normalized spacial score (nSPS) is 20.8. The predicted octanol–water partition coefficient (Wildman–Crippen LogP) is 7.00. The molecule has 0 aliphatic carbocycles. The van der Waals surface area contributed by atoms with Crippen molar-refractivity contribution >= 4 is 33.4 Å². The lowest BCUT2D eigenvalue weighted by atomic mass is 9.88. The van der Waals surface area contributed by atoms with Gasteiger partial charge in [-0.2, -0.15) is 0 Å². The molecule has 3 aliphatic rings.